The number of rotatable bonds is 1. The lowest BCUT2D eigenvalue weighted by Gasteiger charge is -2.27. The van der Waals surface area contributed by atoms with Gasteiger partial charge in [0.15, 0.2) is 0 Å². The quantitative estimate of drug-likeness (QED) is 0.671. The second-order valence-corrected chi connectivity index (χ2v) is 5.33. The van der Waals surface area contributed by atoms with E-state index in [0.717, 1.165) is 23.7 Å². The van der Waals surface area contributed by atoms with Crippen molar-refractivity contribution in [1.29, 1.82) is 0 Å². The number of anilines is 1. The molecule has 1 unspecified atom stereocenters. The Morgan fingerprint density at radius 2 is 2.00 bits per heavy atom. The molecular weight excluding hydrogens is 251 g/mol. The molecular formula is C17H15FN2. The van der Waals surface area contributed by atoms with Crippen molar-refractivity contribution in [2.45, 2.75) is 18.9 Å². The summed E-state index contributed by atoms with van der Waals surface area (Å²) in [5, 5.41) is 4.69. The third-order valence-corrected chi connectivity index (χ3v) is 4.10. The number of fused-ring (bicyclic) bond motifs is 2. The zero-order valence-corrected chi connectivity index (χ0v) is 11.0. The fourth-order valence-corrected chi connectivity index (χ4v) is 3.08. The number of para-hydroxylation sites is 1. The lowest BCUT2D eigenvalue weighted by molar-refractivity contribution is 0.629. The van der Waals surface area contributed by atoms with Crippen molar-refractivity contribution < 1.29 is 4.39 Å². The fraction of sp³-hybridized carbons (Fsp3) is 0.176. The van der Waals surface area contributed by atoms with Crippen molar-refractivity contribution in [2.75, 3.05) is 5.32 Å². The second-order valence-electron chi connectivity index (χ2n) is 5.33. The molecule has 2 N–H and O–H groups in total. The molecule has 1 aromatic heterocycles. The highest BCUT2D eigenvalue weighted by Gasteiger charge is 2.21. The highest BCUT2D eigenvalue weighted by molar-refractivity contribution is 5.84. The van der Waals surface area contributed by atoms with E-state index in [-0.39, 0.29) is 11.9 Å². The molecule has 1 atom stereocenters. The maximum Gasteiger partial charge on any atom is 0.125 e. The number of nitrogens with one attached hydrogen (secondary N) is 2. The van der Waals surface area contributed by atoms with Crippen molar-refractivity contribution in [1.82, 2.24) is 4.98 Å². The topological polar surface area (TPSA) is 27.8 Å². The van der Waals surface area contributed by atoms with Gasteiger partial charge in [0.1, 0.15) is 5.82 Å². The number of aryl methyl sites for hydroxylation is 1. The van der Waals surface area contributed by atoms with Gasteiger partial charge in [0.05, 0.1) is 6.04 Å². The van der Waals surface area contributed by atoms with E-state index in [1.54, 1.807) is 6.07 Å². The van der Waals surface area contributed by atoms with Crippen LogP contribution in [0.25, 0.3) is 10.9 Å². The largest absolute Gasteiger partial charge is 0.378 e. The van der Waals surface area contributed by atoms with Crippen LogP contribution in [-0.4, -0.2) is 4.98 Å². The summed E-state index contributed by atoms with van der Waals surface area (Å²) in [7, 11) is 0. The van der Waals surface area contributed by atoms with Crippen molar-refractivity contribution in [2.24, 2.45) is 0 Å². The van der Waals surface area contributed by atoms with Gasteiger partial charge in [-0.25, -0.2) is 4.39 Å². The molecule has 2 aromatic carbocycles. The number of hydrogen-bond donors (Lipinski definition) is 2. The predicted octanol–water partition coefficient (Wildman–Crippen LogP) is 4.41. The minimum Gasteiger partial charge on any atom is -0.378 e. The molecule has 1 aliphatic rings. The van der Waals surface area contributed by atoms with E-state index in [4.69, 9.17) is 0 Å². The molecule has 2 nitrogen and oxygen atoms in total. The van der Waals surface area contributed by atoms with Crippen LogP contribution in [0, 0.1) is 5.82 Å². The van der Waals surface area contributed by atoms with Gasteiger partial charge in [-0.2, -0.15) is 0 Å². The van der Waals surface area contributed by atoms with E-state index >= 15 is 0 Å². The van der Waals surface area contributed by atoms with E-state index < -0.39 is 0 Å². The number of aromatic nitrogens is 1. The molecule has 0 spiro atoms. The zero-order valence-electron chi connectivity index (χ0n) is 11.0. The summed E-state index contributed by atoms with van der Waals surface area (Å²) >= 11 is 0. The van der Waals surface area contributed by atoms with Gasteiger partial charge in [-0.05, 0) is 48.2 Å². The molecule has 4 rings (SSSR count). The van der Waals surface area contributed by atoms with Crippen LogP contribution in [0.4, 0.5) is 10.1 Å². The van der Waals surface area contributed by atoms with Crippen molar-refractivity contribution in [3.05, 3.63) is 65.6 Å². The third-order valence-electron chi connectivity index (χ3n) is 4.10. The van der Waals surface area contributed by atoms with E-state index in [1.807, 2.05) is 12.3 Å². The molecule has 0 radical (unpaired) electrons. The first-order chi connectivity index (χ1) is 9.81. The first-order valence-corrected chi connectivity index (χ1v) is 6.92. The number of halogens is 1. The third kappa shape index (κ3) is 1.78. The Balaban J connectivity index is 1.74. The van der Waals surface area contributed by atoms with E-state index in [0.29, 0.717) is 0 Å². The van der Waals surface area contributed by atoms with Crippen LogP contribution in [0.3, 0.4) is 0 Å². The average molecular weight is 266 g/mol. The second kappa shape index (κ2) is 4.37. The maximum absolute atomic E-state index is 13.2. The van der Waals surface area contributed by atoms with Crippen LogP contribution in [0.5, 0.6) is 0 Å². The zero-order chi connectivity index (χ0) is 13.5. The minimum absolute atomic E-state index is 0.201. The normalized spacial score (nSPS) is 17.8. The summed E-state index contributed by atoms with van der Waals surface area (Å²) in [6.45, 7) is 0. The molecule has 0 fully saturated rings. The Hall–Kier alpha value is -2.29. The van der Waals surface area contributed by atoms with Crippen LogP contribution in [0.2, 0.25) is 0 Å². The van der Waals surface area contributed by atoms with Crippen LogP contribution in [0.1, 0.15) is 23.6 Å². The van der Waals surface area contributed by atoms with Crippen molar-refractivity contribution >= 4 is 16.6 Å². The number of H-pyrrole nitrogens is 1. The summed E-state index contributed by atoms with van der Waals surface area (Å²) in [4.78, 5) is 3.17. The van der Waals surface area contributed by atoms with Gasteiger partial charge in [-0.15, -0.1) is 0 Å². The highest BCUT2D eigenvalue weighted by Crippen LogP contribution is 2.35. The van der Waals surface area contributed by atoms with Crippen molar-refractivity contribution in [3.8, 4) is 0 Å². The molecule has 1 aliphatic heterocycles. The van der Waals surface area contributed by atoms with Crippen LogP contribution < -0.4 is 5.32 Å². The average Bonchev–Trinajstić information content (AvgIpc) is 2.89. The van der Waals surface area contributed by atoms with Gasteiger partial charge in [-0.3, -0.25) is 0 Å². The Labute approximate surface area is 116 Å². The molecule has 0 saturated carbocycles. The van der Waals surface area contributed by atoms with Crippen LogP contribution >= 0.6 is 0 Å². The smallest absolute Gasteiger partial charge is 0.125 e. The fourth-order valence-electron chi connectivity index (χ4n) is 3.08. The molecule has 20 heavy (non-hydrogen) atoms. The van der Waals surface area contributed by atoms with Gasteiger partial charge in [0.25, 0.3) is 0 Å². The van der Waals surface area contributed by atoms with Gasteiger partial charge < -0.3 is 10.3 Å². The van der Waals surface area contributed by atoms with Gasteiger partial charge in [-0.1, -0.05) is 18.2 Å². The van der Waals surface area contributed by atoms with Crippen LogP contribution in [-0.2, 0) is 6.42 Å². The molecule has 0 saturated heterocycles. The summed E-state index contributed by atoms with van der Waals surface area (Å²) in [5.41, 5.74) is 4.66. The van der Waals surface area contributed by atoms with Crippen molar-refractivity contribution in [3.63, 3.8) is 0 Å². The molecule has 0 amide bonds. The molecule has 2 heterocycles. The Bertz CT molecular complexity index is 776. The van der Waals surface area contributed by atoms with E-state index in [9.17, 15) is 4.39 Å². The Kier molecular flexibility index (Phi) is 2.52. The molecule has 100 valence electrons. The standard InChI is InChI=1S/C17H15FN2/c18-12-6-7-13-14(10-19-17(13)9-12)16-8-5-11-3-1-2-4-15(11)20-16/h1-4,6-7,9-10,16,19-20H,5,8H2. The minimum atomic E-state index is -0.201. The number of hydrogen-bond acceptors (Lipinski definition) is 1. The summed E-state index contributed by atoms with van der Waals surface area (Å²) < 4.78 is 13.2. The predicted molar refractivity (Wildman–Crippen MR) is 79.4 cm³/mol. The molecule has 3 aromatic rings. The highest BCUT2D eigenvalue weighted by atomic mass is 19.1. The summed E-state index contributed by atoms with van der Waals surface area (Å²) in [5.74, 6) is -0.201. The monoisotopic (exact) mass is 266 g/mol. The van der Waals surface area contributed by atoms with Gasteiger partial charge in [0, 0.05) is 22.8 Å². The Morgan fingerprint density at radius 3 is 2.95 bits per heavy atom. The lowest BCUT2D eigenvalue weighted by atomic mass is 9.93. The van der Waals surface area contributed by atoms with E-state index in [2.05, 4.69) is 34.6 Å². The molecule has 0 aliphatic carbocycles. The molecule has 3 heteroatoms. The first-order valence-electron chi connectivity index (χ1n) is 6.92. The van der Waals surface area contributed by atoms with Gasteiger partial charge >= 0.3 is 0 Å². The lowest BCUT2D eigenvalue weighted by Crippen LogP contribution is -2.17. The number of aromatic amines is 1. The van der Waals surface area contributed by atoms with Crippen LogP contribution in [0.15, 0.2) is 48.7 Å². The SMILES string of the molecule is Fc1ccc2c(C3CCc4ccccc4N3)c[nH]c2c1. The molecule has 0 bridgehead atoms. The number of benzene rings is 2. The van der Waals surface area contributed by atoms with E-state index in [1.165, 1.54) is 22.9 Å². The first kappa shape index (κ1) is 11.5. The van der Waals surface area contributed by atoms with Gasteiger partial charge in [0.2, 0.25) is 0 Å². The summed E-state index contributed by atoms with van der Waals surface area (Å²) in [6.07, 6.45) is 4.12. The maximum atomic E-state index is 13.2. The Morgan fingerprint density at radius 1 is 1.10 bits per heavy atom. The summed E-state index contributed by atoms with van der Waals surface area (Å²) in [6, 6.07) is 13.6.